The summed E-state index contributed by atoms with van der Waals surface area (Å²) in [5.74, 6) is 0. The van der Waals surface area contributed by atoms with Crippen LogP contribution < -0.4 is 0 Å². The Balaban J connectivity index is 1.39. The topological polar surface area (TPSA) is 98.9 Å². The minimum absolute atomic E-state index is 0.789. The molecule has 7 nitrogen and oxygen atoms in total. The molecular weight excluding hydrogens is 627 g/mol. The molecule has 0 saturated heterocycles. The first-order valence-corrected chi connectivity index (χ1v) is 16.9. The molecule has 0 fully saturated rings. The Bertz CT molecular complexity index is 2800. The molecule has 2 aliphatic heterocycles. The highest BCUT2D eigenvalue weighted by atomic mass is 15.3. The van der Waals surface area contributed by atoms with E-state index < -0.39 is 0 Å². The number of benzene rings is 4. The zero-order valence-corrected chi connectivity index (χ0v) is 27.3. The van der Waals surface area contributed by atoms with Gasteiger partial charge in [0.05, 0.1) is 28.3 Å². The maximum Gasteiger partial charge on any atom is 0.113 e. The fourth-order valence-corrected chi connectivity index (χ4v) is 7.23. The lowest BCUT2D eigenvalue weighted by Crippen LogP contribution is -1.89. The summed E-state index contributed by atoms with van der Waals surface area (Å²) in [6.07, 6.45) is 8.47. The number of aromatic nitrogens is 7. The Morgan fingerprint density at radius 3 is 1.14 bits per heavy atom. The Morgan fingerprint density at radius 1 is 0.353 bits per heavy atom. The molecule has 6 heterocycles. The molecule has 0 saturated carbocycles. The van der Waals surface area contributed by atoms with Gasteiger partial charge in [0, 0.05) is 44.3 Å². The van der Waals surface area contributed by atoms with Gasteiger partial charge in [0.1, 0.15) is 5.52 Å². The predicted octanol–water partition coefficient (Wildman–Crippen LogP) is 10.6. The van der Waals surface area contributed by atoms with Crippen molar-refractivity contribution in [1.82, 2.24) is 35.3 Å². The molecule has 0 unspecified atom stereocenters. The van der Waals surface area contributed by atoms with Gasteiger partial charge in [0.25, 0.3) is 0 Å². The maximum absolute atomic E-state index is 5.37. The molecule has 7 heteroatoms. The Labute approximate surface area is 292 Å². The summed E-state index contributed by atoms with van der Waals surface area (Å²) in [5, 5.41) is 11.3. The van der Waals surface area contributed by atoms with E-state index in [0.717, 1.165) is 100 Å². The first-order chi connectivity index (χ1) is 25.3. The minimum atomic E-state index is 0.789. The highest BCUT2D eigenvalue weighted by Crippen LogP contribution is 2.38. The summed E-state index contributed by atoms with van der Waals surface area (Å²) < 4.78 is 0. The number of nitrogens with one attached hydrogen (secondary N) is 3. The summed E-state index contributed by atoms with van der Waals surface area (Å²) in [4.78, 5) is 18.3. The molecule has 4 aromatic carbocycles. The maximum atomic E-state index is 5.37. The normalized spacial score (nSPS) is 12.2. The Hall–Kier alpha value is -7.12. The summed E-state index contributed by atoms with van der Waals surface area (Å²) in [7, 11) is 0. The number of H-pyrrole nitrogens is 3. The number of fused-ring (bicyclic) bond motifs is 9. The van der Waals surface area contributed by atoms with E-state index in [0.29, 0.717) is 0 Å². The molecule has 8 bridgehead atoms. The van der Waals surface area contributed by atoms with Gasteiger partial charge in [-0.05, 0) is 83.0 Å². The van der Waals surface area contributed by atoms with Gasteiger partial charge in [-0.25, -0.2) is 9.97 Å². The van der Waals surface area contributed by atoms with Gasteiger partial charge in [-0.3, -0.25) is 5.10 Å². The quantitative estimate of drug-likeness (QED) is 0.176. The van der Waals surface area contributed by atoms with Crippen molar-refractivity contribution >= 4 is 57.4 Å². The standard InChI is InChI=1S/C44H29N7/c1-4-10-27(11-5-1)41-32-18-20-34(45-32)42(28-12-6-2-7-13-28)36-22-24-38(47-36)44(30-16-17-31-40(26-30)50-51-49-31)39-25-23-37(48-39)43(29-14-8-3-9-15-29)35-21-19-33(41)46-35/h1-26,45,48H,(H,49,50,51). The lowest BCUT2D eigenvalue weighted by atomic mass is 10.0. The zero-order chi connectivity index (χ0) is 33.7. The molecule has 0 radical (unpaired) electrons. The van der Waals surface area contributed by atoms with E-state index in [-0.39, 0.29) is 0 Å². The lowest BCUT2D eigenvalue weighted by molar-refractivity contribution is 0.959. The number of rotatable bonds is 4. The lowest BCUT2D eigenvalue weighted by Gasteiger charge is -2.07. The fourth-order valence-electron chi connectivity index (χ4n) is 7.23. The zero-order valence-electron chi connectivity index (χ0n) is 27.3. The van der Waals surface area contributed by atoms with E-state index in [1.807, 2.05) is 24.3 Å². The number of aromatic amines is 3. The average molecular weight is 656 g/mol. The second-order valence-corrected chi connectivity index (χ2v) is 12.6. The molecule has 51 heavy (non-hydrogen) atoms. The summed E-state index contributed by atoms with van der Waals surface area (Å²) in [6, 6.07) is 46.1. The smallest absolute Gasteiger partial charge is 0.113 e. The van der Waals surface area contributed by atoms with Crippen LogP contribution in [0.25, 0.3) is 102 Å². The van der Waals surface area contributed by atoms with Crippen LogP contribution in [0.2, 0.25) is 0 Å². The third kappa shape index (κ3) is 4.99. The van der Waals surface area contributed by atoms with Crippen LogP contribution in [-0.2, 0) is 0 Å². The number of nitrogens with zero attached hydrogens (tertiary/aromatic N) is 4. The Morgan fingerprint density at radius 2 is 0.725 bits per heavy atom. The fraction of sp³-hybridized carbons (Fsp3) is 0. The number of hydrogen-bond donors (Lipinski definition) is 3. The average Bonchev–Trinajstić information content (AvgIpc) is 4.03. The van der Waals surface area contributed by atoms with Crippen molar-refractivity contribution in [1.29, 1.82) is 0 Å². The first kappa shape index (κ1) is 28.9. The van der Waals surface area contributed by atoms with Gasteiger partial charge in [-0.1, -0.05) is 102 Å². The summed E-state index contributed by atoms with van der Waals surface area (Å²) >= 11 is 0. The van der Waals surface area contributed by atoms with Crippen LogP contribution in [0.5, 0.6) is 0 Å². The molecule has 0 aliphatic carbocycles. The molecule has 0 amide bonds. The third-order valence-electron chi connectivity index (χ3n) is 9.56. The first-order valence-electron chi connectivity index (χ1n) is 16.9. The van der Waals surface area contributed by atoms with Crippen molar-refractivity contribution in [2.45, 2.75) is 0 Å². The van der Waals surface area contributed by atoms with Gasteiger partial charge in [0.2, 0.25) is 0 Å². The third-order valence-corrected chi connectivity index (χ3v) is 9.56. The predicted molar refractivity (Wildman–Crippen MR) is 208 cm³/mol. The summed E-state index contributed by atoms with van der Waals surface area (Å²) in [5.41, 5.74) is 17.2. The molecule has 2 aliphatic rings. The van der Waals surface area contributed by atoms with Crippen LogP contribution in [0.3, 0.4) is 0 Å². The van der Waals surface area contributed by atoms with E-state index in [1.54, 1.807) is 0 Å². The van der Waals surface area contributed by atoms with E-state index in [2.05, 4.69) is 159 Å². The van der Waals surface area contributed by atoms with E-state index in [9.17, 15) is 0 Å². The molecular formula is C44H29N7. The molecule has 10 rings (SSSR count). The van der Waals surface area contributed by atoms with E-state index >= 15 is 0 Å². The molecule has 0 atom stereocenters. The second-order valence-electron chi connectivity index (χ2n) is 12.6. The van der Waals surface area contributed by atoms with Crippen LogP contribution in [-0.4, -0.2) is 35.3 Å². The molecule has 0 spiro atoms. The van der Waals surface area contributed by atoms with Gasteiger partial charge in [-0.2, -0.15) is 0 Å². The largest absolute Gasteiger partial charge is 0.354 e. The minimum Gasteiger partial charge on any atom is -0.354 e. The van der Waals surface area contributed by atoms with E-state index in [1.165, 1.54) is 0 Å². The van der Waals surface area contributed by atoms with Crippen LogP contribution >= 0.6 is 0 Å². The molecule has 8 aromatic rings. The van der Waals surface area contributed by atoms with E-state index in [4.69, 9.17) is 9.97 Å². The van der Waals surface area contributed by atoms with Crippen molar-refractivity contribution in [3.8, 4) is 44.5 Å². The highest BCUT2D eigenvalue weighted by molar-refractivity contribution is 6.00. The molecule has 3 N–H and O–H groups in total. The van der Waals surface area contributed by atoms with Gasteiger partial charge >= 0.3 is 0 Å². The monoisotopic (exact) mass is 655 g/mol. The van der Waals surface area contributed by atoms with Crippen molar-refractivity contribution in [2.75, 3.05) is 0 Å². The van der Waals surface area contributed by atoms with Crippen LogP contribution in [0.15, 0.2) is 133 Å². The van der Waals surface area contributed by atoms with Gasteiger partial charge in [0.15, 0.2) is 0 Å². The Kier molecular flexibility index (Phi) is 6.67. The van der Waals surface area contributed by atoms with Gasteiger partial charge in [-0.15, -0.1) is 5.10 Å². The van der Waals surface area contributed by atoms with Crippen LogP contribution in [0.1, 0.15) is 22.8 Å². The summed E-state index contributed by atoms with van der Waals surface area (Å²) in [6.45, 7) is 0. The molecule has 240 valence electrons. The highest BCUT2D eigenvalue weighted by Gasteiger charge is 2.19. The van der Waals surface area contributed by atoms with Crippen molar-refractivity contribution in [3.05, 3.63) is 156 Å². The van der Waals surface area contributed by atoms with Crippen molar-refractivity contribution in [2.24, 2.45) is 0 Å². The van der Waals surface area contributed by atoms with Crippen molar-refractivity contribution < 1.29 is 0 Å². The van der Waals surface area contributed by atoms with Crippen molar-refractivity contribution in [3.63, 3.8) is 0 Å². The van der Waals surface area contributed by atoms with Gasteiger partial charge < -0.3 is 9.97 Å². The second kappa shape index (κ2) is 11.8. The molecule has 4 aromatic heterocycles. The number of hydrogen-bond acceptors (Lipinski definition) is 4. The SMILES string of the molecule is C1=Cc2nc1c(-c1ccccc1)c1ccc([nH]1)c(-c1ccccc1)c1nc(c(-c3ccc4[nH]nnc4c3)c3ccc([nH]3)c2-c2ccccc2)C=C1. The van der Waals surface area contributed by atoms with Crippen LogP contribution in [0.4, 0.5) is 0 Å². The van der Waals surface area contributed by atoms with Crippen LogP contribution in [0, 0.1) is 0 Å².